The average molecular weight is 299 g/mol. The van der Waals surface area contributed by atoms with Gasteiger partial charge in [-0.3, -0.25) is 14.5 Å². The quantitative estimate of drug-likeness (QED) is 0.777. The fraction of sp³-hybridized carbons (Fsp3) is 0.429. The van der Waals surface area contributed by atoms with Gasteiger partial charge in [0, 0.05) is 25.6 Å². The van der Waals surface area contributed by atoms with Crippen LogP contribution in [0, 0.1) is 0 Å². The molecule has 0 aliphatic heterocycles. The van der Waals surface area contributed by atoms with Crippen LogP contribution in [0.4, 0.5) is 0 Å². The molecule has 110 valence electrons. The highest BCUT2D eigenvalue weighted by Crippen LogP contribution is 2.25. The van der Waals surface area contributed by atoms with Crippen LogP contribution < -0.4 is 10.1 Å². The molecule has 6 heteroatoms. The lowest BCUT2D eigenvalue weighted by Crippen LogP contribution is -2.30. The molecule has 0 heterocycles. The number of benzene rings is 1. The molecule has 1 rings (SSSR count). The second-order valence-electron chi connectivity index (χ2n) is 4.43. The van der Waals surface area contributed by atoms with Crippen LogP contribution in [0.5, 0.6) is 5.75 Å². The van der Waals surface area contributed by atoms with E-state index in [1.54, 1.807) is 37.2 Å². The van der Waals surface area contributed by atoms with Gasteiger partial charge in [0.1, 0.15) is 5.75 Å². The van der Waals surface area contributed by atoms with Crippen LogP contribution in [-0.4, -0.2) is 50.9 Å². The van der Waals surface area contributed by atoms with E-state index in [0.29, 0.717) is 29.3 Å². The van der Waals surface area contributed by atoms with E-state index in [1.165, 1.54) is 7.11 Å². The number of carbonyl (C=O) groups is 2. The zero-order valence-corrected chi connectivity index (χ0v) is 12.7. The summed E-state index contributed by atoms with van der Waals surface area (Å²) < 4.78 is 5.04. The summed E-state index contributed by atoms with van der Waals surface area (Å²) in [5.74, 6) is 0.446. The zero-order valence-electron chi connectivity index (χ0n) is 11.9. The number of rotatable bonds is 7. The van der Waals surface area contributed by atoms with Gasteiger partial charge < -0.3 is 10.1 Å². The molecule has 0 radical (unpaired) electrons. The SMILES string of the molecule is CNC(=O)CCN(C)CC(=O)c1ccc(OC)c(Cl)c1. The Kier molecular flexibility index (Phi) is 6.48. The van der Waals surface area contributed by atoms with Gasteiger partial charge in [0.2, 0.25) is 5.91 Å². The molecule has 0 atom stereocenters. The molecule has 0 fully saturated rings. The molecule has 5 nitrogen and oxygen atoms in total. The molecule has 1 amide bonds. The number of nitrogens with zero attached hydrogens (tertiary/aromatic N) is 1. The van der Waals surface area contributed by atoms with E-state index in [0.717, 1.165) is 0 Å². The number of hydrogen-bond acceptors (Lipinski definition) is 4. The number of carbonyl (C=O) groups excluding carboxylic acids is 2. The molecular formula is C14H19ClN2O3. The highest BCUT2D eigenvalue weighted by Gasteiger charge is 2.12. The summed E-state index contributed by atoms with van der Waals surface area (Å²) in [6.45, 7) is 0.759. The number of halogens is 1. The van der Waals surface area contributed by atoms with Gasteiger partial charge >= 0.3 is 0 Å². The van der Waals surface area contributed by atoms with Crippen molar-refractivity contribution in [2.24, 2.45) is 0 Å². The second kappa shape index (κ2) is 7.87. The number of methoxy groups -OCH3 is 1. The summed E-state index contributed by atoms with van der Waals surface area (Å²) in [5, 5.41) is 2.95. The van der Waals surface area contributed by atoms with Crippen molar-refractivity contribution in [3.63, 3.8) is 0 Å². The molecule has 0 aliphatic carbocycles. The first-order valence-electron chi connectivity index (χ1n) is 6.23. The van der Waals surface area contributed by atoms with Crippen LogP contribution in [0.1, 0.15) is 16.8 Å². The van der Waals surface area contributed by atoms with Gasteiger partial charge in [-0.05, 0) is 25.2 Å². The van der Waals surface area contributed by atoms with Gasteiger partial charge in [0.05, 0.1) is 18.7 Å². The maximum absolute atomic E-state index is 12.1. The molecule has 1 aromatic carbocycles. The lowest BCUT2D eigenvalue weighted by Gasteiger charge is -2.15. The number of hydrogen-bond donors (Lipinski definition) is 1. The molecule has 20 heavy (non-hydrogen) atoms. The Morgan fingerprint density at radius 2 is 2.10 bits per heavy atom. The standard InChI is InChI=1S/C14H19ClN2O3/c1-16-14(19)6-7-17(2)9-12(18)10-4-5-13(20-3)11(15)8-10/h4-5,8H,6-7,9H2,1-3H3,(H,16,19). The largest absolute Gasteiger partial charge is 0.495 e. The lowest BCUT2D eigenvalue weighted by atomic mass is 10.1. The maximum atomic E-state index is 12.1. The van der Waals surface area contributed by atoms with E-state index in [-0.39, 0.29) is 18.2 Å². The summed E-state index contributed by atoms with van der Waals surface area (Å²) in [4.78, 5) is 25.0. The predicted octanol–water partition coefficient (Wildman–Crippen LogP) is 1.60. The van der Waals surface area contributed by atoms with E-state index in [4.69, 9.17) is 16.3 Å². The van der Waals surface area contributed by atoms with Crippen molar-refractivity contribution in [3.8, 4) is 5.75 Å². The number of ether oxygens (including phenoxy) is 1. The molecule has 0 unspecified atom stereocenters. The molecule has 0 aliphatic rings. The Hall–Kier alpha value is -1.59. The summed E-state index contributed by atoms with van der Waals surface area (Å²) in [6, 6.07) is 4.94. The third-order valence-electron chi connectivity index (χ3n) is 2.89. The third-order valence-corrected chi connectivity index (χ3v) is 3.18. The maximum Gasteiger partial charge on any atom is 0.221 e. The molecule has 0 saturated heterocycles. The number of nitrogens with one attached hydrogen (secondary N) is 1. The van der Waals surface area contributed by atoms with Gasteiger partial charge in [-0.25, -0.2) is 0 Å². The first-order valence-corrected chi connectivity index (χ1v) is 6.61. The topological polar surface area (TPSA) is 58.6 Å². The minimum absolute atomic E-state index is 0.0446. The first kappa shape index (κ1) is 16.5. The van der Waals surface area contributed by atoms with E-state index in [1.807, 2.05) is 0 Å². The average Bonchev–Trinajstić information content (AvgIpc) is 2.44. The van der Waals surface area contributed by atoms with E-state index >= 15 is 0 Å². The van der Waals surface area contributed by atoms with Gasteiger partial charge in [0.25, 0.3) is 0 Å². The first-order chi connectivity index (χ1) is 9.47. The smallest absolute Gasteiger partial charge is 0.221 e. The Balaban J connectivity index is 2.58. The Labute approximate surface area is 123 Å². The van der Waals surface area contributed by atoms with Gasteiger partial charge in [-0.15, -0.1) is 0 Å². The molecule has 0 saturated carbocycles. The highest BCUT2D eigenvalue weighted by atomic mass is 35.5. The van der Waals surface area contributed by atoms with E-state index in [2.05, 4.69) is 5.32 Å². The number of likely N-dealkylation sites (N-methyl/N-ethyl adjacent to an activating group) is 1. The number of amides is 1. The van der Waals surface area contributed by atoms with E-state index in [9.17, 15) is 9.59 Å². The Morgan fingerprint density at radius 1 is 1.40 bits per heavy atom. The van der Waals surface area contributed by atoms with Crippen LogP contribution in [0.2, 0.25) is 5.02 Å². The summed E-state index contributed by atoms with van der Waals surface area (Å²) >= 11 is 5.99. The van der Waals surface area contributed by atoms with Gasteiger partial charge in [-0.1, -0.05) is 11.6 Å². The minimum atomic E-state index is -0.0473. The van der Waals surface area contributed by atoms with Crippen molar-refractivity contribution in [1.82, 2.24) is 10.2 Å². The van der Waals surface area contributed by atoms with Crippen molar-refractivity contribution in [3.05, 3.63) is 28.8 Å². The summed E-state index contributed by atoms with van der Waals surface area (Å²) in [6.07, 6.45) is 0.365. The molecule has 1 N–H and O–H groups in total. The van der Waals surface area contributed by atoms with Crippen molar-refractivity contribution in [2.75, 3.05) is 34.3 Å². The third kappa shape index (κ3) is 4.83. The molecule has 0 spiro atoms. The Morgan fingerprint density at radius 3 is 2.65 bits per heavy atom. The fourth-order valence-electron chi connectivity index (χ4n) is 1.67. The lowest BCUT2D eigenvalue weighted by molar-refractivity contribution is -0.120. The van der Waals surface area contributed by atoms with Gasteiger partial charge in [0.15, 0.2) is 5.78 Å². The Bertz CT molecular complexity index is 491. The van der Waals surface area contributed by atoms with Gasteiger partial charge in [-0.2, -0.15) is 0 Å². The van der Waals surface area contributed by atoms with Crippen LogP contribution >= 0.6 is 11.6 Å². The van der Waals surface area contributed by atoms with Crippen LogP contribution in [-0.2, 0) is 4.79 Å². The molecule has 0 bridgehead atoms. The minimum Gasteiger partial charge on any atom is -0.495 e. The van der Waals surface area contributed by atoms with Crippen molar-refractivity contribution in [1.29, 1.82) is 0 Å². The summed E-state index contributed by atoms with van der Waals surface area (Å²) in [7, 11) is 4.91. The van der Waals surface area contributed by atoms with E-state index < -0.39 is 0 Å². The fourth-order valence-corrected chi connectivity index (χ4v) is 1.93. The molecule has 0 aromatic heterocycles. The predicted molar refractivity (Wildman–Crippen MR) is 78.5 cm³/mol. The number of ketones is 1. The number of Topliss-reactive ketones (excluding diaryl/α,β-unsaturated/α-hetero) is 1. The summed E-state index contributed by atoms with van der Waals surface area (Å²) in [5.41, 5.74) is 0.530. The molecule has 1 aromatic rings. The van der Waals surface area contributed by atoms with Crippen molar-refractivity contribution < 1.29 is 14.3 Å². The van der Waals surface area contributed by atoms with Crippen LogP contribution in [0.3, 0.4) is 0 Å². The second-order valence-corrected chi connectivity index (χ2v) is 4.84. The van der Waals surface area contributed by atoms with Crippen molar-refractivity contribution >= 4 is 23.3 Å². The van der Waals surface area contributed by atoms with Crippen molar-refractivity contribution in [2.45, 2.75) is 6.42 Å². The van der Waals surface area contributed by atoms with Crippen LogP contribution in [0.15, 0.2) is 18.2 Å². The van der Waals surface area contributed by atoms with Crippen LogP contribution in [0.25, 0.3) is 0 Å². The highest BCUT2D eigenvalue weighted by molar-refractivity contribution is 6.32. The zero-order chi connectivity index (χ0) is 15.1. The molecular weight excluding hydrogens is 280 g/mol. The monoisotopic (exact) mass is 298 g/mol. The normalized spacial score (nSPS) is 10.4.